The number of ether oxygens (including phenoxy) is 1. The van der Waals surface area contributed by atoms with Gasteiger partial charge in [-0.05, 0) is 66.6 Å². The first-order valence-electron chi connectivity index (χ1n) is 11.4. The van der Waals surface area contributed by atoms with E-state index in [2.05, 4.69) is 36.2 Å². The van der Waals surface area contributed by atoms with Crippen molar-refractivity contribution in [2.24, 2.45) is 0 Å². The molecule has 4 rings (SSSR count). The molecule has 0 amide bonds. The monoisotopic (exact) mass is 469 g/mol. The number of carbonyl (C=O) groups is 1. The molecule has 0 saturated heterocycles. The zero-order valence-electron chi connectivity index (χ0n) is 19.3. The van der Waals surface area contributed by atoms with Gasteiger partial charge in [-0.3, -0.25) is 9.69 Å². The second kappa shape index (κ2) is 11.6. The Kier molecular flexibility index (Phi) is 8.13. The number of halogens is 1. The fourth-order valence-electron chi connectivity index (χ4n) is 3.83. The largest absolute Gasteiger partial charge is 0.457 e. The molecule has 0 aliphatic heterocycles. The molecule has 0 aliphatic rings. The van der Waals surface area contributed by atoms with Crippen LogP contribution in [0.25, 0.3) is 0 Å². The van der Waals surface area contributed by atoms with Crippen LogP contribution < -0.4 is 4.74 Å². The zero-order chi connectivity index (χ0) is 23.8. The normalized spacial score (nSPS) is 10.9. The third-order valence-electron chi connectivity index (χ3n) is 5.62. The highest BCUT2D eigenvalue weighted by atomic mass is 35.5. The third kappa shape index (κ3) is 6.57. The number of ketones is 1. The molecular weight excluding hydrogens is 442 g/mol. The summed E-state index contributed by atoms with van der Waals surface area (Å²) in [6.45, 7) is 1.70. The molecular formula is C30H28ClNO2. The molecule has 0 radical (unpaired) electrons. The van der Waals surface area contributed by atoms with E-state index in [0.29, 0.717) is 22.8 Å². The van der Waals surface area contributed by atoms with Gasteiger partial charge in [0.25, 0.3) is 0 Å². The van der Waals surface area contributed by atoms with Gasteiger partial charge in [0.15, 0.2) is 5.78 Å². The minimum Gasteiger partial charge on any atom is -0.457 e. The highest BCUT2D eigenvalue weighted by molar-refractivity contribution is 6.18. The summed E-state index contributed by atoms with van der Waals surface area (Å²) in [6, 6.07) is 33.4. The van der Waals surface area contributed by atoms with E-state index >= 15 is 0 Å². The molecule has 0 fully saturated rings. The Morgan fingerprint density at radius 2 is 1.15 bits per heavy atom. The van der Waals surface area contributed by atoms with Crippen LogP contribution in [0.2, 0.25) is 0 Å². The lowest BCUT2D eigenvalue weighted by molar-refractivity contribution is 0.103. The lowest BCUT2D eigenvalue weighted by Gasteiger charge is -2.17. The van der Waals surface area contributed by atoms with Crippen molar-refractivity contribution in [1.29, 1.82) is 0 Å². The number of benzene rings is 4. The van der Waals surface area contributed by atoms with Crippen molar-refractivity contribution in [2.75, 3.05) is 12.9 Å². The SMILES string of the molecule is CN(Cc1ccccc1)Cc1ccc(C(=O)c2ccc(Oc3ccc(CCCl)cc3)cc2)cc1. The average molecular weight is 470 g/mol. The van der Waals surface area contributed by atoms with Crippen LogP contribution in [0.1, 0.15) is 32.6 Å². The van der Waals surface area contributed by atoms with Gasteiger partial charge in [0, 0.05) is 30.1 Å². The molecule has 0 saturated carbocycles. The van der Waals surface area contributed by atoms with Crippen LogP contribution in [-0.4, -0.2) is 23.6 Å². The number of hydrogen-bond acceptors (Lipinski definition) is 3. The van der Waals surface area contributed by atoms with Crippen molar-refractivity contribution in [1.82, 2.24) is 4.90 Å². The molecule has 3 nitrogen and oxygen atoms in total. The molecule has 4 aromatic carbocycles. The van der Waals surface area contributed by atoms with Gasteiger partial charge in [-0.2, -0.15) is 0 Å². The highest BCUT2D eigenvalue weighted by Crippen LogP contribution is 2.23. The molecule has 4 heteroatoms. The summed E-state index contributed by atoms with van der Waals surface area (Å²) in [7, 11) is 2.10. The highest BCUT2D eigenvalue weighted by Gasteiger charge is 2.10. The summed E-state index contributed by atoms with van der Waals surface area (Å²) >= 11 is 5.78. The van der Waals surface area contributed by atoms with Crippen LogP contribution in [0.4, 0.5) is 0 Å². The van der Waals surface area contributed by atoms with Crippen molar-refractivity contribution >= 4 is 17.4 Å². The maximum Gasteiger partial charge on any atom is 0.193 e. The molecule has 0 atom stereocenters. The number of alkyl halides is 1. The van der Waals surface area contributed by atoms with E-state index in [-0.39, 0.29) is 5.78 Å². The number of aryl methyl sites for hydroxylation is 1. The number of nitrogens with zero attached hydrogens (tertiary/aromatic N) is 1. The molecule has 0 unspecified atom stereocenters. The quantitative estimate of drug-likeness (QED) is 0.183. The van der Waals surface area contributed by atoms with Crippen molar-refractivity contribution in [3.05, 3.63) is 131 Å². The van der Waals surface area contributed by atoms with Crippen LogP contribution >= 0.6 is 11.6 Å². The minimum atomic E-state index is 0.00108. The van der Waals surface area contributed by atoms with Gasteiger partial charge in [0.05, 0.1) is 0 Å². The number of hydrogen-bond donors (Lipinski definition) is 0. The first kappa shape index (κ1) is 23.7. The molecule has 0 heterocycles. The van der Waals surface area contributed by atoms with Crippen molar-refractivity contribution in [3.63, 3.8) is 0 Å². The molecule has 34 heavy (non-hydrogen) atoms. The predicted molar refractivity (Wildman–Crippen MR) is 139 cm³/mol. The van der Waals surface area contributed by atoms with Crippen molar-refractivity contribution in [2.45, 2.75) is 19.5 Å². The van der Waals surface area contributed by atoms with E-state index in [0.717, 1.165) is 25.3 Å². The van der Waals surface area contributed by atoms with E-state index in [9.17, 15) is 4.79 Å². The first-order valence-corrected chi connectivity index (χ1v) is 11.9. The molecule has 0 spiro atoms. The number of rotatable bonds is 10. The Morgan fingerprint density at radius 3 is 1.71 bits per heavy atom. The van der Waals surface area contributed by atoms with Crippen molar-refractivity contribution in [3.8, 4) is 11.5 Å². The second-order valence-electron chi connectivity index (χ2n) is 8.39. The summed E-state index contributed by atoms with van der Waals surface area (Å²) in [5, 5.41) is 0. The van der Waals surface area contributed by atoms with Crippen LogP contribution in [0.3, 0.4) is 0 Å². The van der Waals surface area contributed by atoms with Gasteiger partial charge in [-0.25, -0.2) is 0 Å². The molecule has 0 aromatic heterocycles. The van der Waals surface area contributed by atoms with Gasteiger partial charge < -0.3 is 4.74 Å². The Balaban J connectivity index is 1.34. The van der Waals surface area contributed by atoms with E-state index < -0.39 is 0 Å². The van der Waals surface area contributed by atoms with Crippen molar-refractivity contribution < 1.29 is 9.53 Å². The van der Waals surface area contributed by atoms with Gasteiger partial charge in [-0.1, -0.05) is 66.7 Å². The van der Waals surface area contributed by atoms with E-state index in [1.807, 2.05) is 66.7 Å². The van der Waals surface area contributed by atoms with Crippen LogP contribution in [0.15, 0.2) is 103 Å². The van der Waals surface area contributed by atoms with Crippen LogP contribution in [0, 0.1) is 0 Å². The summed E-state index contributed by atoms with van der Waals surface area (Å²) < 4.78 is 5.90. The van der Waals surface area contributed by atoms with E-state index in [1.165, 1.54) is 16.7 Å². The maximum absolute atomic E-state index is 12.9. The topological polar surface area (TPSA) is 29.5 Å². The lowest BCUT2D eigenvalue weighted by atomic mass is 10.0. The van der Waals surface area contributed by atoms with Gasteiger partial charge in [0.2, 0.25) is 0 Å². The fourth-order valence-corrected chi connectivity index (χ4v) is 4.05. The molecule has 0 aliphatic carbocycles. The smallest absolute Gasteiger partial charge is 0.193 e. The Bertz CT molecular complexity index is 1190. The van der Waals surface area contributed by atoms with Crippen LogP contribution in [0.5, 0.6) is 11.5 Å². The summed E-state index contributed by atoms with van der Waals surface area (Å²) in [4.78, 5) is 15.2. The molecule has 172 valence electrons. The third-order valence-corrected chi connectivity index (χ3v) is 5.81. The predicted octanol–water partition coefficient (Wildman–Crippen LogP) is 7.12. The molecule has 4 aromatic rings. The van der Waals surface area contributed by atoms with Gasteiger partial charge >= 0.3 is 0 Å². The number of carbonyl (C=O) groups excluding carboxylic acids is 1. The van der Waals surface area contributed by atoms with Crippen LogP contribution in [-0.2, 0) is 19.5 Å². The zero-order valence-corrected chi connectivity index (χ0v) is 20.0. The first-order chi connectivity index (χ1) is 16.6. The summed E-state index contributed by atoms with van der Waals surface area (Å²) in [5.41, 5.74) is 4.96. The summed E-state index contributed by atoms with van der Waals surface area (Å²) in [5.74, 6) is 2.05. The summed E-state index contributed by atoms with van der Waals surface area (Å²) in [6.07, 6.45) is 0.837. The van der Waals surface area contributed by atoms with Gasteiger partial charge in [-0.15, -0.1) is 11.6 Å². The average Bonchev–Trinajstić information content (AvgIpc) is 2.86. The Labute approximate surface area is 206 Å². The fraction of sp³-hybridized carbons (Fsp3) is 0.167. The Morgan fingerprint density at radius 1 is 0.676 bits per heavy atom. The second-order valence-corrected chi connectivity index (χ2v) is 8.77. The Hall–Kier alpha value is -3.40. The standard InChI is InChI=1S/C30H28ClNO2/c1-32(21-24-5-3-2-4-6-24)22-25-7-11-26(12-8-25)30(33)27-13-17-29(18-14-27)34-28-15-9-23(10-16-28)19-20-31/h2-18H,19-22H2,1H3. The van der Waals surface area contributed by atoms with E-state index in [4.69, 9.17) is 16.3 Å². The lowest BCUT2D eigenvalue weighted by Crippen LogP contribution is -2.17. The molecule has 0 bridgehead atoms. The molecule has 0 N–H and O–H groups in total. The minimum absolute atomic E-state index is 0.00108. The van der Waals surface area contributed by atoms with E-state index in [1.54, 1.807) is 12.1 Å². The van der Waals surface area contributed by atoms with Gasteiger partial charge in [0.1, 0.15) is 11.5 Å². The maximum atomic E-state index is 12.9.